The Labute approximate surface area is 124 Å². The molecule has 1 aromatic carbocycles. The molecular formula is C13H17BrF3NO2. The summed E-state index contributed by atoms with van der Waals surface area (Å²) in [5, 5.41) is 0. The van der Waals surface area contributed by atoms with Crippen LogP contribution in [0.1, 0.15) is 25.7 Å². The highest BCUT2D eigenvalue weighted by molar-refractivity contribution is 9.10. The molecule has 0 aliphatic carbocycles. The molecule has 0 aromatic heterocycles. The van der Waals surface area contributed by atoms with Crippen LogP contribution in [0.3, 0.4) is 0 Å². The third-order valence-corrected chi connectivity index (χ3v) is 2.98. The number of halogens is 4. The molecule has 0 radical (unpaired) electrons. The molecule has 0 bridgehead atoms. The summed E-state index contributed by atoms with van der Waals surface area (Å²) in [6.07, 6.45) is -1.10. The maximum Gasteiger partial charge on any atom is 0.573 e. The van der Waals surface area contributed by atoms with Crippen LogP contribution in [0.4, 0.5) is 13.2 Å². The maximum absolute atomic E-state index is 12.3. The normalized spacial score (nSPS) is 11.4. The summed E-state index contributed by atoms with van der Waals surface area (Å²) in [7, 11) is 0. The maximum atomic E-state index is 12.3. The van der Waals surface area contributed by atoms with E-state index in [0.717, 1.165) is 25.7 Å². The summed E-state index contributed by atoms with van der Waals surface area (Å²) in [4.78, 5) is 0. The molecule has 0 saturated carbocycles. The highest BCUT2D eigenvalue weighted by atomic mass is 79.9. The van der Waals surface area contributed by atoms with Gasteiger partial charge in [-0.15, -0.1) is 13.2 Å². The van der Waals surface area contributed by atoms with E-state index in [1.54, 1.807) is 6.07 Å². The van der Waals surface area contributed by atoms with Crippen molar-refractivity contribution in [2.75, 3.05) is 13.2 Å². The zero-order valence-electron chi connectivity index (χ0n) is 10.9. The van der Waals surface area contributed by atoms with E-state index in [9.17, 15) is 13.2 Å². The fraction of sp³-hybridized carbons (Fsp3) is 0.538. The van der Waals surface area contributed by atoms with Gasteiger partial charge in [-0.05, 0) is 37.6 Å². The van der Waals surface area contributed by atoms with Gasteiger partial charge in [0.15, 0.2) is 11.5 Å². The van der Waals surface area contributed by atoms with E-state index < -0.39 is 6.36 Å². The van der Waals surface area contributed by atoms with E-state index in [1.165, 1.54) is 12.1 Å². The predicted octanol–water partition coefficient (Wildman–Crippen LogP) is 4.25. The van der Waals surface area contributed by atoms with Crippen LogP contribution in [0.2, 0.25) is 0 Å². The smallest absolute Gasteiger partial charge is 0.490 e. The first-order valence-corrected chi connectivity index (χ1v) is 7.10. The number of benzene rings is 1. The number of unbranched alkanes of at least 4 members (excludes halogenated alkanes) is 3. The van der Waals surface area contributed by atoms with Crippen molar-refractivity contribution in [1.82, 2.24) is 0 Å². The standard InChI is InChI=1S/C13H17BrF3NO2/c14-10-5-6-11(12(9-10)20-13(15,16)17)19-8-4-2-1-3-7-18/h5-6,9H,1-4,7-8,18H2. The molecule has 0 amide bonds. The van der Waals surface area contributed by atoms with Gasteiger partial charge in [-0.25, -0.2) is 0 Å². The van der Waals surface area contributed by atoms with Crippen molar-refractivity contribution in [2.24, 2.45) is 5.73 Å². The Bertz CT molecular complexity index is 413. The first-order valence-electron chi connectivity index (χ1n) is 6.30. The molecule has 1 aromatic rings. The summed E-state index contributed by atoms with van der Waals surface area (Å²) in [5.41, 5.74) is 5.37. The molecule has 0 atom stereocenters. The number of rotatable bonds is 8. The molecule has 0 unspecified atom stereocenters. The molecule has 0 saturated heterocycles. The van der Waals surface area contributed by atoms with Crippen LogP contribution >= 0.6 is 15.9 Å². The third kappa shape index (κ3) is 7.00. The lowest BCUT2D eigenvalue weighted by molar-refractivity contribution is -0.275. The first-order chi connectivity index (χ1) is 9.42. The fourth-order valence-electron chi connectivity index (χ4n) is 1.59. The minimum absolute atomic E-state index is 0.0874. The highest BCUT2D eigenvalue weighted by Gasteiger charge is 2.32. The summed E-state index contributed by atoms with van der Waals surface area (Å²) < 4.78 is 46.6. The summed E-state index contributed by atoms with van der Waals surface area (Å²) in [6, 6.07) is 4.29. The van der Waals surface area contributed by atoms with Gasteiger partial charge in [0, 0.05) is 4.47 Å². The Morgan fingerprint density at radius 2 is 1.75 bits per heavy atom. The zero-order valence-corrected chi connectivity index (χ0v) is 12.5. The Hall–Kier alpha value is -0.950. The van der Waals surface area contributed by atoms with Gasteiger partial charge in [0.2, 0.25) is 0 Å². The Morgan fingerprint density at radius 1 is 1.05 bits per heavy atom. The monoisotopic (exact) mass is 355 g/mol. The van der Waals surface area contributed by atoms with Crippen LogP contribution in [0.5, 0.6) is 11.5 Å². The molecule has 20 heavy (non-hydrogen) atoms. The first kappa shape index (κ1) is 17.1. The number of hydrogen-bond acceptors (Lipinski definition) is 3. The lowest BCUT2D eigenvalue weighted by atomic mass is 10.2. The van der Waals surface area contributed by atoms with Gasteiger partial charge in [0.05, 0.1) is 6.61 Å². The third-order valence-electron chi connectivity index (χ3n) is 2.49. The molecule has 0 aliphatic heterocycles. The number of alkyl halides is 3. The average Bonchev–Trinajstić information content (AvgIpc) is 2.34. The topological polar surface area (TPSA) is 44.5 Å². The van der Waals surface area contributed by atoms with Crippen molar-refractivity contribution < 1.29 is 22.6 Å². The van der Waals surface area contributed by atoms with Gasteiger partial charge in [-0.2, -0.15) is 0 Å². The minimum Gasteiger partial charge on any atom is -0.490 e. The van der Waals surface area contributed by atoms with Crippen molar-refractivity contribution in [3.8, 4) is 11.5 Å². The van der Waals surface area contributed by atoms with Gasteiger partial charge in [0.1, 0.15) is 0 Å². The van der Waals surface area contributed by atoms with Crippen molar-refractivity contribution in [1.29, 1.82) is 0 Å². The van der Waals surface area contributed by atoms with Gasteiger partial charge < -0.3 is 15.2 Å². The Kier molecular flexibility index (Phi) is 7.15. The van der Waals surface area contributed by atoms with Gasteiger partial charge in [-0.1, -0.05) is 28.8 Å². The van der Waals surface area contributed by atoms with Crippen molar-refractivity contribution in [3.05, 3.63) is 22.7 Å². The van der Waals surface area contributed by atoms with Crippen LogP contribution in [0.15, 0.2) is 22.7 Å². The SMILES string of the molecule is NCCCCCCOc1ccc(Br)cc1OC(F)(F)F. The minimum atomic E-state index is -4.74. The molecular weight excluding hydrogens is 339 g/mol. The highest BCUT2D eigenvalue weighted by Crippen LogP contribution is 2.34. The van der Waals surface area contributed by atoms with Crippen LogP contribution in [-0.4, -0.2) is 19.5 Å². The van der Waals surface area contributed by atoms with Gasteiger partial charge in [-0.3, -0.25) is 0 Å². The van der Waals surface area contributed by atoms with Crippen LogP contribution in [0.25, 0.3) is 0 Å². The van der Waals surface area contributed by atoms with Crippen LogP contribution < -0.4 is 15.2 Å². The molecule has 114 valence electrons. The van der Waals surface area contributed by atoms with Gasteiger partial charge in [0.25, 0.3) is 0 Å². The fourth-order valence-corrected chi connectivity index (χ4v) is 1.93. The largest absolute Gasteiger partial charge is 0.573 e. The lowest BCUT2D eigenvalue weighted by Gasteiger charge is -2.14. The summed E-state index contributed by atoms with van der Waals surface area (Å²) in [6.45, 7) is 0.998. The van der Waals surface area contributed by atoms with Crippen molar-refractivity contribution >= 4 is 15.9 Å². The van der Waals surface area contributed by atoms with E-state index in [1.807, 2.05) is 0 Å². The quantitative estimate of drug-likeness (QED) is 0.709. The molecule has 7 heteroatoms. The predicted molar refractivity (Wildman–Crippen MR) is 73.8 cm³/mol. The molecule has 1 rings (SSSR count). The van der Waals surface area contributed by atoms with Crippen molar-refractivity contribution in [3.63, 3.8) is 0 Å². The van der Waals surface area contributed by atoms with Gasteiger partial charge >= 0.3 is 6.36 Å². The Morgan fingerprint density at radius 3 is 2.40 bits per heavy atom. The van der Waals surface area contributed by atoms with E-state index in [0.29, 0.717) is 17.6 Å². The summed E-state index contributed by atoms with van der Waals surface area (Å²) in [5.74, 6) is -0.252. The molecule has 0 spiro atoms. The molecule has 0 aliphatic rings. The van der Waals surface area contributed by atoms with E-state index in [-0.39, 0.29) is 11.5 Å². The zero-order chi connectivity index (χ0) is 15.0. The second kappa shape index (κ2) is 8.36. The lowest BCUT2D eigenvalue weighted by Crippen LogP contribution is -2.17. The average molecular weight is 356 g/mol. The number of hydrogen-bond donors (Lipinski definition) is 1. The molecule has 2 N–H and O–H groups in total. The summed E-state index contributed by atoms with van der Waals surface area (Å²) >= 11 is 3.10. The molecule has 3 nitrogen and oxygen atoms in total. The number of nitrogens with two attached hydrogens (primary N) is 1. The van der Waals surface area contributed by atoms with E-state index in [2.05, 4.69) is 20.7 Å². The van der Waals surface area contributed by atoms with E-state index in [4.69, 9.17) is 10.5 Å². The van der Waals surface area contributed by atoms with E-state index >= 15 is 0 Å². The van der Waals surface area contributed by atoms with Crippen LogP contribution in [-0.2, 0) is 0 Å². The van der Waals surface area contributed by atoms with Crippen molar-refractivity contribution in [2.45, 2.75) is 32.0 Å². The second-order valence-electron chi connectivity index (χ2n) is 4.19. The molecule has 0 fully saturated rings. The van der Waals surface area contributed by atoms with Crippen LogP contribution in [0, 0.1) is 0 Å². The molecule has 0 heterocycles. The Balaban J connectivity index is 2.51. The second-order valence-corrected chi connectivity index (χ2v) is 5.11. The number of ether oxygens (including phenoxy) is 2.